The molecule has 1 unspecified atom stereocenters. The number of benzene rings is 1. The van der Waals surface area contributed by atoms with E-state index in [1.165, 1.54) is 53.7 Å². The minimum atomic E-state index is -0.585. The van der Waals surface area contributed by atoms with Gasteiger partial charge in [0.1, 0.15) is 5.56 Å². The number of hydrogen-bond donors (Lipinski definition) is 1. The van der Waals surface area contributed by atoms with Gasteiger partial charge in [-0.2, -0.15) is 0 Å². The number of quaternary nitrogens is 1. The Morgan fingerprint density at radius 3 is 2.68 bits per heavy atom. The molecule has 0 spiro atoms. The first kappa shape index (κ1) is 16.2. The van der Waals surface area contributed by atoms with Crippen molar-refractivity contribution in [2.75, 3.05) is 13.2 Å². The van der Waals surface area contributed by atoms with Crippen LogP contribution in [0.15, 0.2) is 18.2 Å². The second-order valence-corrected chi connectivity index (χ2v) is 7.35. The van der Waals surface area contributed by atoms with Crippen LogP contribution in [0, 0.1) is 16.0 Å². The third-order valence-corrected chi connectivity index (χ3v) is 6.04. The molecule has 25 heavy (non-hydrogen) atoms. The summed E-state index contributed by atoms with van der Waals surface area (Å²) in [5.41, 5.74) is -0.160. The summed E-state index contributed by atoms with van der Waals surface area (Å²) in [4.78, 5) is 38.6. The van der Waals surface area contributed by atoms with Crippen LogP contribution in [0.2, 0.25) is 0 Å². The zero-order valence-corrected chi connectivity index (χ0v) is 14.1. The fourth-order valence-electron chi connectivity index (χ4n) is 4.88. The Morgan fingerprint density at radius 1 is 1.12 bits per heavy atom. The lowest BCUT2D eigenvalue weighted by Crippen LogP contribution is -3.19. The van der Waals surface area contributed by atoms with Gasteiger partial charge in [0.25, 0.3) is 17.5 Å². The smallest absolute Gasteiger partial charge is 0.282 e. The predicted molar refractivity (Wildman–Crippen MR) is 89.3 cm³/mol. The second kappa shape index (κ2) is 6.22. The van der Waals surface area contributed by atoms with Gasteiger partial charge in [0, 0.05) is 12.0 Å². The van der Waals surface area contributed by atoms with Crippen molar-refractivity contribution in [3.8, 4) is 0 Å². The number of hydrogen-bond acceptors (Lipinski definition) is 4. The quantitative estimate of drug-likeness (QED) is 0.510. The third-order valence-electron chi connectivity index (χ3n) is 6.04. The number of nitro benzene ring substituents is 1. The van der Waals surface area contributed by atoms with Crippen LogP contribution in [-0.2, 0) is 0 Å². The zero-order valence-electron chi connectivity index (χ0n) is 14.1. The maximum Gasteiger partial charge on any atom is 0.282 e. The number of nitrogens with zero attached hydrogens (tertiary/aromatic N) is 2. The van der Waals surface area contributed by atoms with Crippen molar-refractivity contribution in [1.82, 2.24) is 4.90 Å². The van der Waals surface area contributed by atoms with Crippen molar-refractivity contribution in [2.45, 2.75) is 44.6 Å². The van der Waals surface area contributed by atoms with E-state index >= 15 is 0 Å². The molecule has 3 atom stereocenters. The van der Waals surface area contributed by atoms with E-state index in [9.17, 15) is 19.7 Å². The van der Waals surface area contributed by atoms with Gasteiger partial charge in [-0.05, 0) is 38.2 Å². The Bertz CT molecular complexity index is 746. The number of carbonyl (C=O) groups is 2. The molecule has 1 saturated heterocycles. The molecule has 0 bridgehead atoms. The number of fused-ring (bicyclic) bond motifs is 2. The van der Waals surface area contributed by atoms with Gasteiger partial charge in [-0.25, -0.2) is 4.90 Å². The molecule has 2 fully saturated rings. The fraction of sp³-hybridized carbons (Fsp3) is 0.556. The maximum atomic E-state index is 12.8. The molecule has 3 aliphatic rings. The van der Waals surface area contributed by atoms with Gasteiger partial charge < -0.3 is 4.90 Å². The average molecular weight is 344 g/mol. The number of carbonyl (C=O) groups excluding carboxylic acids is 2. The molecule has 132 valence electrons. The monoisotopic (exact) mass is 344 g/mol. The number of rotatable bonds is 3. The molecule has 7 nitrogen and oxygen atoms in total. The number of imide groups is 1. The summed E-state index contributed by atoms with van der Waals surface area (Å²) in [6.45, 7) is 1.28. The molecule has 7 heteroatoms. The minimum absolute atomic E-state index is 0.0471. The van der Waals surface area contributed by atoms with Gasteiger partial charge in [0.2, 0.25) is 0 Å². The van der Waals surface area contributed by atoms with Crippen molar-refractivity contribution in [3.63, 3.8) is 0 Å². The Morgan fingerprint density at radius 2 is 1.88 bits per heavy atom. The number of nitro groups is 1. The van der Waals surface area contributed by atoms with E-state index in [0.29, 0.717) is 18.6 Å². The molecule has 1 saturated carbocycles. The molecule has 0 aromatic heterocycles. The number of piperidine rings is 1. The lowest BCUT2D eigenvalue weighted by atomic mass is 9.78. The highest BCUT2D eigenvalue weighted by Gasteiger charge is 2.45. The molecule has 4 rings (SSSR count). The van der Waals surface area contributed by atoms with Crippen LogP contribution in [0.4, 0.5) is 5.69 Å². The van der Waals surface area contributed by atoms with Gasteiger partial charge >= 0.3 is 0 Å². The minimum Gasteiger partial charge on any atom is -0.315 e. The summed E-state index contributed by atoms with van der Waals surface area (Å²) in [6.07, 6.45) is 7.21. The molecule has 1 N–H and O–H groups in total. The molecule has 2 aliphatic heterocycles. The van der Waals surface area contributed by atoms with Crippen molar-refractivity contribution < 1.29 is 19.4 Å². The van der Waals surface area contributed by atoms with E-state index in [0.717, 1.165) is 19.4 Å². The lowest BCUT2D eigenvalue weighted by Gasteiger charge is -2.42. The number of amides is 2. The fourth-order valence-corrected chi connectivity index (χ4v) is 4.88. The van der Waals surface area contributed by atoms with Crippen LogP contribution in [-0.4, -0.2) is 40.9 Å². The highest BCUT2D eigenvalue weighted by molar-refractivity contribution is 6.23. The topological polar surface area (TPSA) is 85.0 Å². The van der Waals surface area contributed by atoms with E-state index < -0.39 is 16.7 Å². The van der Waals surface area contributed by atoms with E-state index in [1.54, 1.807) is 0 Å². The highest BCUT2D eigenvalue weighted by Crippen LogP contribution is 2.31. The van der Waals surface area contributed by atoms with Crippen molar-refractivity contribution in [1.29, 1.82) is 0 Å². The first-order chi connectivity index (χ1) is 12.1. The average Bonchev–Trinajstić information content (AvgIpc) is 2.87. The summed E-state index contributed by atoms with van der Waals surface area (Å²) in [7, 11) is 0. The van der Waals surface area contributed by atoms with Crippen LogP contribution >= 0.6 is 0 Å². The van der Waals surface area contributed by atoms with E-state index in [2.05, 4.69) is 0 Å². The number of likely N-dealkylation sites (tertiary alicyclic amines) is 1. The van der Waals surface area contributed by atoms with Crippen LogP contribution in [0.5, 0.6) is 0 Å². The Balaban J connectivity index is 1.60. The first-order valence-corrected chi connectivity index (χ1v) is 9.06. The van der Waals surface area contributed by atoms with Crippen LogP contribution in [0.1, 0.15) is 59.2 Å². The molecule has 1 aromatic carbocycles. The van der Waals surface area contributed by atoms with Gasteiger partial charge in [-0.15, -0.1) is 0 Å². The van der Waals surface area contributed by atoms with Gasteiger partial charge in [-0.1, -0.05) is 12.5 Å². The molecule has 0 radical (unpaired) electrons. The highest BCUT2D eigenvalue weighted by atomic mass is 16.6. The molecular formula is C18H22N3O4+. The van der Waals surface area contributed by atoms with E-state index in [1.807, 2.05) is 0 Å². The molecule has 1 aromatic rings. The maximum absolute atomic E-state index is 12.8. The molecule has 2 heterocycles. The molecule has 1 aliphatic carbocycles. The standard InChI is InChI=1S/C18H21N3O4/c22-17-13-7-3-9-15(21(24)25)16(13)18(23)20(17)11-19-10-4-6-12-5-1-2-8-14(12)19/h3,7,9,12,14H,1-2,4-6,8,10-11H2/p+1/t12-,14+/m1/s1. The van der Waals surface area contributed by atoms with Gasteiger partial charge in [0.15, 0.2) is 6.67 Å². The van der Waals surface area contributed by atoms with Crippen LogP contribution < -0.4 is 4.90 Å². The summed E-state index contributed by atoms with van der Waals surface area (Å²) >= 11 is 0. The summed E-state index contributed by atoms with van der Waals surface area (Å²) in [6, 6.07) is 4.77. The predicted octanol–water partition coefficient (Wildman–Crippen LogP) is 1.39. The molecular weight excluding hydrogens is 322 g/mol. The first-order valence-electron chi connectivity index (χ1n) is 9.06. The largest absolute Gasteiger partial charge is 0.315 e. The Labute approximate surface area is 145 Å². The zero-order chi connectivity index (χ0) is 17.6. The van der Waals surface area contributed by atoms with Crippen LogP contribution in [0.25, 0.3) is 0 Å². The van der Waals surface area contributed by atoms with Crippen molar-refractivity contribution in [3.05, 3.63) is 39.4 Å². The van der Waals surface area contributed by atoms with Crippen molar-refractivity contribution in [2.24, 2.45) is 5.92 Å². The third kappa shape index (κ3) is 2.63. The summed E-state index contributed by atoms with van der Waals surface area (Å²) < 4.78 is 0. The number of nitrogens with one attached hydrogen (secondary N) is 1. The second-order valence-electron chi connectivity index (χ2n) is 7.35. The summed E-state index contributed by atoms with van der Waals surface area (Å²) in [5, 5.41) is 11.2. The summed E-state index contributed by atoms with van der Waals surface area (Å²) in [5.74, 6) is -0.228. The van der Waals surface area contributed by atoms with Crippen molar-refractivity contribution >= 4 is 17.5 Å². The van der Waals surface area contributed by atoms with E-state index in [-0.39, 0.29) is 16.8 Å². The van der Waals surface area contributed by atoms with E-state index in [4.69, 9.17) is 0 Å². The molecule has 2 amide bonds. The van der Waals surface area contributed by atoms with Crippen LogP contribution in [0.3, 0.4) is 0 Å². The Kier molecular flexibility index (Phi) is 4.03. The van der Waals surface area contributed by atoms with Gasteiger partial charge in [-0.3, -0.25) is 19.7 Å². The van der Waals surface area contributed by atoms with Gasteiger partial charge in [0.05, 0.1) is 23.1 Å². The normalized spacial score (nSPS) is 28.6. The lowest BCUT2D eigenvalue weighted by molar-refractivity contribution is -0.942. The Hall–Kier alpha value is -2.28. The SMILES string of the molecule is O=C1c2cccc([N+](=O)[O-])c2C(=O)N1C[NH+]1CCC[C@H]2CCCC[C@@H]21.